The van der Waals surface area contributed by atoms with Gasteiger partial charge in [-0.15, -0.1) is 0 Å². The Kier molecular flexibility index (Phi) is 3.05. The largest absolute Gasteiger partial charge is 0.332 e. The molecule has 0 saturated heterocycles. The van der Waals surface area contributed by atoms with Crippen LogP contribution in [-0.2, 0) is 21.1 Å². The molecule has 0 saturated carbocycles. The fourth-order valence-corrected chi connectivity index (χ4v) is 2.49. The SMILES string of the molecule is Cn1c(=O)c2c(nc(-c3ccc(C=O)cc3)n2C)n(C)c1=O. The number of rotatable bonds is 2. The van der Waals surface area contributed by atoms with Gasteiger partial charge in [0.05, 0.1) is 0 Å². The number of fused-ring (bicyclic) bond motifs is 1. The molecule has 0 radical (unpaired) electrons. The van der Waals surface area contributed by atoms with Gasteiger partial charge in [-0.05, 0) is 0 Å². The topological polar surface area (TPSA) is 78.9 Å². The van der Waals surface area contributed by atoms with Crippen molar-refractivity contribution in [3.63, 3.8) is 0 Å². The molecule has 2 aromatic heterocycles. The fraction of sp³-hybridized carbons (Fsp3) is 0.200. The summed E-state index contributed by atoms with van der Waals surface area (Å²) in [5, 5.41) is 0. The summed E-state index contributed by atoms with van der Waals surface area (Å²) < 4.78 is 4.07. The lowest BCUT2D eigenvalue weighted by Crippen LogP contribution is -2.37. The van der Waals surface area contributed by atoms with Gasteiger partial charge in [0.15, 0.2) is 11.2 Å². The summed E-state index contributed by atoms with van der Waals surface area (Å²) in [6.45, 7) is 0. The zero-order valence-electron chi connectivity index (χ0n) is 12.4. The second-order valence-electron chi connectivity index (χ2n) is 5.11. The predicted molar refractivity (Wildman–Crippen MR) is 82.0 cm³/mol. The van der Waals surface area contributed by atoms with Gasteiger partial charge in [-0.25, -0.2) is 9.78 Å². The molecular weight excluding hydrogens is 284 g/mol. The van der Waals surface area contributed by atoms with Crippen LogP contribution in [0.4, 0.5) is 0 Å². The third-order valence-electron chi connectivity index (χ3n) is 3.78. The maximum Gasteiger partial charge on any atom is 0.332 e. The van der Waals surface area contributed by atoms with Crippen LogP contribution >= 0.6 is 0 Å². The number of hydrogen-bond acceptors (Lipinski definition) is 4. The molecule has 3 rings (SSSR count). The quantitative estimate of drug-likeness (QED) is 0.643. The number of hydrogen-bond donors (Lipinski definition) is 0. The third-order valence-corrected chi connectivity index (χ3v) is 3.78. The molecule has 3 aromatic rings. The van der Waals surface area contributed by atoms with Gasteiger partial charge < -0.3 is 4.57 Å². The van der Waals surface area contributed by atoms with Crippen molar-refractivity contribution in [2.45, 2.75) is 0 Å². The lowest BCUT2D eigenvalue weighted by atomic mass is 10.1. The lowest BCUT2D eigenvalue weighted by molar-refractivity contribution is 0.112. The van der Waals surface area contributed by atoms with Gasteiger partial charge in [-0.3, -0.25) is 18.7 Å². The first-order valence-electron chi connectivity index (χ1n) is 6.63. The highest BCUT2D eigenvalue weighted by molar-refractivity contribution is 5.79. The first-order chi connectivity index (χ1) is 10.5. The molecule has 0 amide bonds. The number of nitrogens with zero attached hydrogens (tertiary/aromatic N) is 4. The van der Waals surface area contributed by atoms with Crippen molar-refractivity contribution in [2.75, 3.05) is 0 Å². The van der Waals surface area contributed by atoms with E-state index < -0.39 is 5.69 Å². The summed E-state index contributed by atoms with van der Waals surface area (Å²) in [6, 6.07) is 6.87. The molecule has 0 aliphatic heterocycles. The molecule has 2 heterocycles. The summed E-state index contributed by atoms with van der Waals surface area (Å²) in [5.74, 6) is 0.561. The summed E-state index contributed by atoms with van der Waals surface area (Å²) in [5.41, 5.74) is 1.22. The van der Waals surface area contributed by atoms with Gasteiger partial charge in [-0.1, -0.05) is 24.3 Å². The third kappa shape index (κ3) is 1.82. The highest BCUT2D eigenvalue weighted by Crippen LogP contribution is 2.21. The Morgan fingerprint density at radius 3 is 2.18 bits per heavy atom. The number of carbonyl (C=O) groups excluding carboxylic acids is 1. The number of imidazole rings is 1. The van der Waals surface area contributed by atoms with Crippen molar-refractivity contribution >= 4 is 17.5 Å². The minimum absolute atomic E-state index is 0.338. The Bertz CT molecular complexity index is 1010. The molecule has 22 heavy (non-hydrogen) atoms. The number of carbonyl (C=O) groups is 1. The van der Waals surface area contributed by atoms with E-state index in [1.54, 1.807) is 42.9 Å². The van der Waals surface area contributed by atoms with Gasteiger partial charge >= 0.3 is 5.69 Å². The molecule has 0 fully saturated rings. The van der Waals surface area contributed by atoms with E-state index in [4.69, 9.17) is 0 Å². The Balaban J connectivity index is 2.37. The maximum absolute atomic E-state index is 12.3. The Hall–Kier alpha value is -2.96. The van der Waals surface area contributed by atoms with Gasteiger partial charge in [-0.2, -0.15) is 0 Å². The van der Waals surface area contributed by atoms with Gasteiger partial charge in [0, 0.05) is 32.3 Å². The monoisotopic (exact) mass is 298 g/mol. The van der Waals surface area contributed by atoms with Crippen molar-refractivity contribution < 1.29 is 4.79 Å². The molecule has 112 valence electrons. The predicted octanol–water partition coefficient (Wildman–Crippen LogP) is 0.450. The average Bonchev–Trinajstić information content (AvgIpc) is 2.88. The minimum atomic E-state index is -0.418. The molecule has 0 bridgehead atoms. The highest BCUT2D eigenvalue weighted by atomic mass is 16.2. The van der Waals surface area contributed by atoms with E-state index in [0.717, 1.165) is 16.4 Å². The highest BCUT2D eigenvalue weighted by Gasteiger charge is 2.17. The lowest BCUT2D eigenvalue weighted by Gasteiger charge is -2.04. The van der Waals surface area contributed by atoms with Gasteiger partial charge in [0.25, 0.3) is 5.56 Å². The molecule has 0 N–H and O–H groups in total. The van der Waals surface area contributed by atoms with Crippen LogP contribution in [0.3, 0.4) is 0 Å². The molecule has 7 heteroatoms. The molecule has 0 spiro atoms. The molecule has 0 aliphatic carbocycles. The fourth-order valence-electron chi connectivity index (χ4n) is 2.49. The molecule has 7 nitrogen and oxygen atoms in total. The standard InChI is InChI=1S/C15H14N4O3/c1-17-11-13(18(2)15(22)19(3)14(11)21)16-12(17)10-6-4-9(8-20)5-7-10/h4-8H,1-3H3. The van der Waals surface area contributed by atoms with E-state index in [1.807, 2.05) is 0 Å². The molecule has 0 atom stereocenters. The van der Waals surface area contributed by atoms with E-state index in [-0.39, 0.29) is 5.56 Å². The van der Waals surface area contributed by atoms with E-state index in [1.165, 1.54) is 11.6 Å². The zero-order chi connectivity index (χ0) is 16.0. The summed E-state index contributed by atoms with van der Waals surface area (Å²) in [4.78, 5) is 39.4. The first-order valence-corrected chi connectivity index (χ1v) is 6.63. The molecule has 0 unspecified atom stereocenters. The second kappa shape index (κ2) is 4.80. The summed E-state index contributed by atoms with van der Waals surface area (Å²) in [7, 11) is 4.75. The van der Waals surface area contributed by atoms with Crippen molar-refractivity contribution in [1.29, 1.82) is 0 Å². The minimum Gasteiger partial charge on any atom is -0.321 e. The van der Waals surface area contributed by atoms with Crippen LogP contribution in [0.25, 0.3) is 22.6 Å². The summed E-state index contributed by atoms with van der Waals surface area (Å²) >= 11 is 0. The molecular formula is C15H14N4O3. The maximum atomic E-state index is 12.3. The van der Waals surface area contributed by atoms with Crippen molar-refractivity contribution in [1.82, 2.24) is 18.7 Å². The Morgan fingerprint density at radius 1 is 0.955 bits per heavy atom. The first kappa shape index (κ1) is 14.0. The zero-order valence-corrected chi connectivity index (χ0v) is 12.4. The smallest absolute Gasteiger partial charge is 0.321 e. The Labute approximate surface area is 125 Å². The normalized spacial score (nSPS) is 11.0. The number of aromatic nitrogens is 4. The number of aldehydes is 1. The second-order valence-corrected chi connectivity index (χ2v) is 5.11. The van der Waals surface area contributed by atoms with Crippen LogP contribution < -0.4 is 11.2 Å². The van der Waals surface area contributed by atoms with E-state index in [0.29, 0.717) is 22.6 Å². The van der Waals surface area contributed by atoms with E-state index in [9.17, 15) is 14.4 Å². The van der Waals surface area contributed by atoms with E-state index >= 15 is 0 Å². The van der Waals surface area contributed by atoms with Crippen molar-refractivity contribution in [3.05, 3.63) is 50.7 Å². The van der Waals surface area contributed by atoms with Gasteiger partial charge in [0.2, 0.25) is 0 Å². The number of aryl methyl sites for hydroxylation is 2. The van der Waals surface area contributed by atoms with Crippen molar-refractivity contribution in [3.8, 4) is 11.4 Å². The Morgan fingerprint density at radius 2 is 1.59 bits per heavy atom. The van der Waals surface area contributed by atoms with Crippen LogP contribution in [0.15, 0.2) is 33.9 Å². The average molecular weight is 298 g/mol. The van der Waals surface area contributed by atoms with Crippen LogP contribution in [0.5, 0.6) is 0 Å². The summed E-state index contributed by atoms with van der Waals surface area (Å²) in [6.07, 6.45) is 0.762. The van der Waals surface area contributed by atoms with Gasteiger partial charge in [0.1, 0.15) is 12.1 Å². The van der Waals surface area contributed by atoms with E-state index in [2.05, 4.69) is 4.98 Å². The molecule has 0 aliphatic rings. The number of benzene rings is 1. The van der Waals surface area contributed by atoms with Crippen molar-refractivity contribution in [2.24, 2.45) is 21.1 Å². The van der Waals surface area contributed by atoms with Crippen LogP contribution in [0.2, 0.25) is 0 Å². The van der Waals surface area contributed by atoms with Crippen LogP contribution in [0, 0.1) is 0 Å². The molecule has 1 aromatic carbocycles. The van der Waals surface area contributed by atoms with Crippen LogP contribution in [0.1, 0.15) is 10.4 Å². The van der Waals surface area contributed by atoms with Crippen LogP contribution in [-0.4, -0.2) is 25.0 Å².